The number of ketones is 2. The lowest BCUT2D eigenvalue weighted by molar-refractivity contribution is -0.176. The Bertz CT molecular complexity index is 2000. The minimum Gasteiger partial charge on any atom is -0.507 e. The number of likely N-dealkylation sites (N-methyl/N-ethyl adjacent to an activating group) is 2. The number of aliphatic hydroxyl groups excluding tert-OH is 2. The maximum atomic E-state index is 14.9. The Labute approximate surface area is 292 Å². The van der Waals surface area contributed by atoms with Crippen molar-refractivity contribution in [3.8, 4) is 5.75 Å². The standard InChI is InChI=1S/C39H48N2O9/c1-11-17(2)26-15-25(42)29-18(3)12-23-31(37(29)50-26)36(46)32-30(35(23)45)21(27-14-24(40(7)8)33(43)19(4)48-27)13-22(34(32)44)28-16-39(6,41(9)10)38(47)20(5)49-28/h11-13,15,19-20,24,27-28,33,38,43-44,47H,14,16H2,1-10H3/t19?,20?,24?,27?,28?,33?,38?,39-/m0/s1. The highest BCUT2D eigenvalue weighted by Crippen LogP contribution is 2.49. The van der Waals surface area contributed by atoms with Crippen LogP contribution in [0.3, 0.4) is 0 Å². The molecule has 0 spiro atoms. The number of aromatic hydroxyl groups is 1. The molecule has 2 fully saturated rings. The molecule has 0 amide bonds. The average Bonchev–Trinajstić information content (AvgIpc) is 3.05. The van der Waals surface area contributed by atoms with Crippen LogP contribution in [0.4, 0.5) is 0 Å². The minimum absolute atomic E-state index is 0.0102. The molecule has 2 aliphatic heterocycles. The average molecular weight is 689 g/mol. The zero-order valence-corrected chi connectivity index (χ0v) is 30.5. The van der Waals surface area contributed by atoms with Gasteiger partial charge in [0.1, 0.15) is 11.5 Å². The van der Waals surface area contributed by atoms with Crippen molar-refractivity contribution in [3.05, 3.63) is 79.2 Å². The molecule has 3 heterocycles. The molecular formula is C39H48N2O9. The van der Waals surface area contributed by atoms with Crippen molar-refractivity contribution in [1.82, 2.24) is 9.80 Å². The van der Waals surface area contributed by atoms with Crippen molar-refractivity contribution in [3.63, 3.8) is 0 Å². The summed E-state index contributed by atoms with van der Waals surface area (Å²) in [7, 11) is 7.46. The van der Waals surface area contributed by atoms with Gasteiger partial charge in [0.05, 0.1) is 53.1 Å². The van der Waals surface area contributed by atoms with Crippen molar-refractivity contribution >= 4 is 28.1 Å². The van der Waals surface area contributed by atoms with E-state index in [1.165, 1.54) is 6.07 Å². The summed E-state index contributed by atoms with van der Waals surface area (Å²) in [6, 6.07) is 4.29. The Kier molecular flexibility index (Phi) is 9.24. The number of rotatable bonds is 5. The number of aryl methyl sites for hydroxylation is 1. The van der Waals surface area contributed by atoms with Gasteiger partial charge >= 0.3 is 0 Å². The van der Waals surface area contributed by atoms with Gasteiger partial charge in [-0.25, -0.2) is 0 Å². The van der Waals surface area contributed by atoms with E-state index in [9.17, 15) is 29.7 Å². The smallest absolute Gasteiger partial charge is 0.202 e. The van der Waals surface area contributed by atoms with E-state index in [1.807, 2.05) is 44.9 Å². The van der Waals surface area contributed by atoms with Gasteiger partial charge in [-0.3, -0.25) is 14.4 Å². The summed E-state index contributed by atoms with van der Waals surface area (Å²) < 4.78 is 19.0. The van der Waals surface area contributed by atoms with Gasteiger partial charge in [-0.05, 0) is 111 Å². The molecule has 6 rings (SSSR count). The third-order valence-corrected chi connectivity index (χ3v) is 11.5. The third-order valence-electron chi connectivity index (χ3n) is 11.5. The number of ether oxygens (including phenoxy) is 2. The number of allylic oxidation sites excluding steroid dienone is 2. The fourth-order valence-corrected chi connectivity index (χ4v) is 8.00. The molecule has 1 aromatic heterocycles. The number of phenolic OH excluding ortho intramolecular Hbond substituents is 1. The van der Waals surface area contributed by atoms with Gasteiger partial charge in [-0.2, -0.15) is 0 Å². The zero-order chi connectivity index (χ0) is 36.7. The summed E-state index contributed by atoms with van der Waals surface area (Å²) in [4.78, 5) is 47.0. The first-order valence-corrected chi connectivity index (χ1v) is 17.2. The monoisotopic (exact) mass is 688 g/mol. The number of hydrogen-bond acceptors (Lipinski definition) is 11. The van der Waals surface area contributed by atoms with Crippen LogP contribution >= 0.6 is 0 Å². The van der Waals surface area contributed by atoms with E-state index in [0.717, 1.165) is 0 Å². The predicted molar refractivity (Wildman–Crippen MR) is 189 cm³/mol. The van der Waals surface area contributed by atoms with E-state index in [-0.39, 0.29) is 62.4 Å². The van der Waals surface area contributed by atoms with Crippen molar-refractivity contribution in [2.75, 3.05) is 28.2 Å². The molecule has 0 bridgehead atoms. The normalized spacial score (nSPS) is 30.3. The molecule has 7 unspecified atom stereocenters. The molecule has 3 N–H and O–H groups in total. The number of carbonyl (C=O) groups excluding carboxylic acids is 2. The summed E-state index contributed by atoms with van der Waals surface area (Å²) in [5.74, 6) is -1.31. The maximum absolute atomic E-state index is 14.9. The van der Waals surface area contributed by atoms with Gasteiger partial charge in [-0.15, -0.1) is 0 Å². The zero-order valence-electron chi connectivity index (χ0n) is 30.5. The lowest BCUT2D eigenvalue weighted by Gasteiger charge is -2.49. The Morgan fingerprint density at radius 2 is 1.58 bits per heavy atom. The van der Waals surface area contributed by atoms with Gasteiger partial charge < -0.3 is 39.0 Å². The lowest BCUT2D eigenvalue weighted by Crippen LogP contribution is -2.59. The molecule has 0 saturated carbocycles. The Balaban J connectivity index is 1.65. The Morgan fingerprint density at radius 1 is 0.920 bits per heavy atom. The number of fused-ring (bicyclic) bond motifs is 4. The molecule has 50 heavy (non-hydrogen) atoms. The lowest BCUT2D eigenvalue weighted by atomic mass is 9.74. The highest BCUT2D eigenvalue weighted by Gasteiger charge is 2.49. The second-order valence-corrected chi connectivity index (χ2v) is 14.9. The molecular weight excluding hydrogens is 640 g/mol. The topological polar surface area (TPSA) is 150 Å². The second-order valence-electron chi connectivity index (χ2n) is 14.9. The summed E-state index contributed by atoms with van der Waals surface area (Å²) in [5, 5.41) is 34.5. The van der Waals surface area contributed by atoms with E-state index in [1.54, 1.807) is 52.8 Å². The van der Waals surface area contributed by atoms with Gasteiger partial charge in [-0.1, -0.05) is 6.08 Å². The number of hydrogen-bond donors (Lipinski definition) is 3. The van der Waals surface area contributed by atoms with Crippen molar-refractivity contribution in [1.29, 1.82) is 0 Å². The molecule has 2 saturated heterocycles. The van der Waals surface area contributed by atoms with E-state index in [2.05, 4.69) is 0 Å². The van der Waals surface area contributed by atoms with E-state index in [0.29, 0.717) is 23.1 Å². The largest absolute Gasteiger partial charge is 0.507 e. The molecule has 1 aliphatic carbocycles. The van der Waals surface area contributed by atoms with Crippen LogP contribution in [0.5, 0.6) is 5.75 Å². The van der Waals surface area contributed by atoms with Crippen molar-refractivity contribution in [2.45, 2.75) is 103 Å². The first kappa shape index (κ1) is 36.1. The highest BCUT2D eigenvalue weighted by molar-refractivity contribution is 6.33. The van der Waals surface area contributed by atoms with Gasteiger partial charge in [0, 0.05) is 34.3 Å². The van der Waals surface area contributed by atoms with Crippen LogP contribution in [-0.2, 0) is 9.47 Å². The molecule has 3 aromatic rings. The third kappa shape index (κ3) is 5.46. The van der Waals surface area contributed by atoms with E-state index < -0.39 is 59.5 Å². The SMILES string of the molecule is CC=C(C)c1cc(=O)c2c(C)cc3c(c2o1)C(=O)c1c(O)c(C2C[C@](C)(N(C)C)C(O)C(C)O2)cc(C2CC(N(C)C)C(O)C(C)O2)c1C3=O. The summed E-state index contributed by atoms with van der Waals surface area (Å²) in [6.45, 7) is 10.7. The molecule has 2 aromatic carbocycles. The molecule has 0 radical (unpaired) electrons. The van der Waals surface area contributed by atoms with Crippen molar-refractivity contribution < 1.29 is 38.8 Å². The number of aliphatic hydroxyl groups is 2. The number of carbonyl (C=O) groups is 2. The second kappa shape index (κ2) is 12.8. The minimum atomic E-state index is -0.847. The van der Waals surface area contributed by atoms with Gasteiger partial charge in [0.25, 0.3) is 0 Å². The van der Waals surface area contributed by atoms with Crippen LogP contribution in [0.2, 0.25) is 0 Å². The summed E-state index contributed by atoms with van der Waals surface area (Å²) in [5.41, 5.74) is 0.492. The molecule has 3 aliphatic rings. The summed E-state index contributed by atoms with van der Waals surface area (Å²) in [6.07, 6.45) is -2.05. The number of phenols is 1. The number of benzene rings is 2. The quantitative estimate of drug-likeness (QED) is 0.268. The Hall–Kier alpha value is -3.71. The molecule has 8 atom stereocenters. The fourth-order valence-electron chi connectivity index (χ4n) is 8.00. The predicted octanol–water partition coefficient (Wildman–Crippen LogP) is 4.68. The molecule has 11 nitrogen and oxygen atoms in total. The van der Waals surface area contributed by atoms with Gasteiger partial charge in [0.2, 0.25) is 5.78 Å². The van der Waals surface area contributed by atoms with Crippen LogP contribution in [0.15, 0.2) is 33.5 Å². The first-order valence-electron chi connectivity index (χ1n) is 17.2. The van der Waals surface area contributed by atoms with Crippen LogP contribution in [0, 0.1) is 6.92 Å². The van der Waals surface area contributed by atoms with Gasteiger partial charge in [0.15, 0.2) is 16.8 Å². The maximum Gasteiger partial charge on any atom is 0.202 e. The van der Waals surface area contributed by atoms with Crippen molar-refractivity contribution in [2.24, 2.45) is 0 Å². The number of nitrogens with zero attached hydrogens (tertiary/aromatic N) is 2. The Morgan fingerprint density at radius 3 is 2.20 bits per heavy atom. The highest BCUT2D eigenvalue weighted by atomic mass is 16.5. The van der Waals surface area contributed by atoms with Crippen LogP contribution in [-0.4, -0.2) is 101 Å². The van der Waals surface area contributed by atoms with E-state index >= 15 is 0 Å². The summed E-state index contributed by atoms with van der Waals surface area (Å²) >= 11 is 0. The van der Waals surface area contributed by atoms with Crippen LogP contribution in [0.1, 0.15) is 114 Å². The fraction of sp³-hybridized carbons (Fsp3) is 0.513. The van der Waals surface area contributed by atoms with Crippen LogP contribution < -0.4 is 5.43 Å². The molecule has 268 valence electrons. The van der Waals surface area contributed by atoms with E-state index in [4.69, 9.17) is 13.9 Å². The first-order chi connectivity index (χ1) is 23.4. The molecule has 11 heteroatoms. The van der Waals surface area contributed by atoms with Crippen LogP contribution in [0.25, 0.3) is 16.5 Å².